The van der Waals surface area contributed by atoms with E-state index in [4.69, 9.17) is 0 Å². The molecule has 1 heterocycles. The van der Waals surface area contributed by atoms with Gasteiger partial charge in [-0.15, -0.1) is 0 Å². The van der Waals surface area contributed by atoms with E-state index < -0.39 is 0 Å². The SMILES string of the molecule is CCCCCCCCCCCCCCCCCCCN1C=CN(c2ccccc2)C1CCCCCCCCCCCC. The Morgan fingerprint density at radius 2 is 0.810 bits per heavy atom. The predicted molar refractivity (Wildman–Crippen MR) is 189 cm³/mol. The van der Waals surface area contributed by atoms with Gasteiger partial charge in [0, 0.05) is 24.6 Å². The van der Waals surface area contributed by atoms with Crippen LogP contribution in [0, 0.1) is 0 Å². The second-order valence-electron chi connectivity index (χ2n) is 13.4. The maximum atomic E-state index is 2.64. The number of anilines is 1. The minimum atomic E-state index is 0.502. The highest BCUT2D eigenvalue weighted by Crippen LogP contribution is 2.28. The van der Waals surface area contributed by atoms with Crippen LogP contribution >= 0.6 is 0 Å². The fraction of sp³-hybridized carbons (Fsp3) is 0.800. The minimum absolute atomic E-state index is 0.502. The molecule has 1 aliphatic rings. The molecule has 1 atom stereocenters. The molecule has 2 heteroatoms. The van der Waals surface area contributed by atoms with E-state index in [-0.39, 0.29) is 0 Å². The van der Waals surface area contributed by atoms with Crippen molar-refractivity contribution in [1.82, 2.24) is 4.90 Å². The van der Waals surface area contributed by atoms with Crippen molar-refractivity contribution in [2.75, 3.05) is 11.4 Å². The quantitative estimate of drug-likeness (QED) is 0.0835. The Labute approximate surface area is 264 Å². The zero-order valence-corrected chi connectivity index (χ0v) is 28.5. The van der Waals surface area contributed by atoms with E-state index in [9.17, 15) is 0 Å². The Bertz CT molecular complexity index is 714. The van der Waals surface area contributed by atoms with Crippen LogP contribution in [0.1, 0.15) is 194 Å². The van der Waals surface area contributed by atoms with Crippen molar-refractivity contribution in [3.05, 3.63) is 42.7 Å². The zero-order chi connectivity index (χ0) is 29.8. The normalized spacial score (nSPS) is 14.9. The summed E-state index contributed by atoms with van der Waals surface area (Å²) in [6, 6.07) is 11.0. The first-order chi connectivity index (χ1) is 20.9. The average molecular weight is 581 g/mol. The third-order valence-corrected chi connectivity index (χ3v) is 9.51. The van der Waals surface area contributed by atoms with Crippen LogP contribution in [0.4, 0.5) is 5.69 Å². The van der Waals surface area contributed by atoms with Gasteiger partial charge in [0.05, 0.1) is 0 Å². The van der Waals surface area contributed by atoms with Crippen LogP contribution in [-0.4, -0.2) is 17.6 Å². The lowest BCUT2D eigenvalue weighted by Gasteiger charge is -2.33. The largest absolute Gasteiger partial charge is 0.356 e. The first kappa shape index (κ1) is 36.8. The van der Waals surface area contributed by atoms with Gasteiger partial charge in [0.1, 0.15) is 6.17 Å². The predicted octanol–water partition coefficient (Wildman–Crippen LogP) is 13.6. The van der Waals surface area contributed by atoms with Crippen molar-refractivity contribution in [3.8, 4) is 0 Å². The molecule has 0 saturated carbocycles. The highest BCUT2D eigenvalue weighted by molar-refractivity contribution is 5.51. The molecule has 0 bridgehead atoms. The molecule has 1 aromatic rings. The molecule has 0 saturated heterocycles. The van der Waals surface area contributed by atoms with Gasteiger partial charge in [-0.25, -0.2) is 0 Å². The van der Waals surface area contributed by atoms with Gasteiger partial charge in [-0.2, -0.15) is 0 Å². The minimum Gasteiger partial charge on any atom is -0.356 e. The van der Waals surface area contributed by atoms with E-state index in [0.717, 1.165) is 0 Å². The highest BCUT2D eigenvalue weighted by Gasteiger charge is 2.26. The molecule has 0 N–H and O–H groups in total. The summed E-state index contributed by atoms with van der Waals surface area (Å²) in [4.78, 5) is 5.17. The van der Waals surface area contributed by atoms with E-state index in [1.165, 1.54) is 192 Å². The first-order valence-corrected chi connectivity index (χ1v) is 19.1. The molecule has 1 aliphatic heterocycles. The maximum absolute atomic E-state index is 2.64. The van der Waals surface area contributed by atoms with Crippen LogP contribution in [0.15, 0.2) is 42.7 Å². The number of nitrogens with zero attached hydrogens (tertiary/aromatic N) is 2. The summed E-state index contributed by atoms with van der Waals surface area (Å²) in [6.07, 6.45) is 45.1. The van der Waals surface area contributed by atoms with Gasteiger partial charge in [0.25, 0.3) is 0 Å². The zero-order valence-electron chi connectivity index (χ0n) is 28.5. The van der Waals surface area contributed by atoms with E-state index in [1.807, 2.05) is 0 Å². The summed E-state index contributed by atoms with van der Waals surface area (Å²) in [5.41, 5.74) is 1.34. The fourth-order valence-corrected chi connectivity index (χ4v) is 6.74. The Hall–Kier alpha value is -1.44. The number of para-hydroxylation sites is 1. The molecule has 0 aromatic heterocycles. The summed E-state index contributed by atoms with van der Waals surface area (Å²) in [6.45, 7) is 5.82. The molecule has 242 valence electrons. The van der Waals surface area contributed by atoms with Gasteiger partial charge in [-0.05, 0) is 31.4 Å². The van der Waals surface area contributed by atoms with Crippen LogP contribution in [0.5, 0.6) is 0 Å². The topological polar surface area (TPSA) is 6.48 Å². The maximum Gasteiger partial charge on any atom is 0.105 e. The van der Waals surface area contributed by atoms with Gasteiger partial charge in [-0.1, -0.05) is 193 Å². The van der Waals surface area contributed by atoms with Gasteiger partial charge in [-0.3, -0.25) is 0 Å². The second kappa shape index (κ2) is 27.1. The molecule has 0 amide bonds. The molecule has 42 heavy (non-hydrogen) atoms. The summed E-state index contributed by atoms with van der Waals surface area (Å²) < 4.78 is 0. The number of unbranched alkanes of at least 4 members (excludes halogenated alkanes) is 25. The molecule has 0 aliphatic carbocycles. The lowest BCUT2D eigenvalue weighted by Crippen LogP contribution is -2.39. The van der Waals surface area contributed by atoms with Crippen molar-refractivity contribution in [1.29, 1.82) is 0 Å². The summed E-state index contributed by atoms with van der Waals surface area (Å²) in [5.74, 6) is 0. The Morgan fingerprint density at radius 3 is 1.24 bits per heavy atom. The molecule has 0 spiro atoms. The summed E-state index contributed by atoms with van der Waals surface area (Å²) in [5, 5.41) is 0. The van der Waals surface area contributed by atoms with Gasteiger partial charge in [0.2, 0.25) is 0 Å². The van der Waals surface area contributed by atoms with E-state index >= 15 is 0 Å². The third-order valence-electron chi connectivity index (χ3n) is 9.51. The molecule has 0 fully saturated rings. The van der Waals surface area contributed by atoms with Crippen molar-refractivity contribution < 1.29 is 0 Å². The third kappa shape index (κ3) is 18.3. The van der Waals surface area contributed by atoms with E-state index in [1.54, 1.807) is 0 Å². The second-order valence-corrected chi connectivity index (χ2v) is 13.4. The highest BCUT2D eigenvalue weighted by atomic mass is 15.4. The van der Waals surface area contributed by atoms with Gasteiger partial charge in [0.15, 0.2) is 0 Å². The van der Waals surface area contributed by atoms with Gasteiger partial charge >= 0.3 is 0 Å². The summed E-state index contributed by atoms with van der Waals surface area (Å²) in [7, 11) is 0. The van der Waals surface area contributed by atoms with Crippen LogP contribution in [0.2, 0.25) is 0 Å². The molecular formula is C40H72N2. The Kier molecular flexibility index (Phi) is 23.7. The number of hydrogen-bond acceptors (Lipinski definition) is 2. The lowest BCUT2D eigenvalue weighted by molar-refractivity contribution is 0.273. The lowest BCUT2D eigenvalue weighted by atomic mass is 10.0. The van der Waals surface area contributed by atoms with Gasteiger partial charge < -0.3 is 9.80 Å². The van der Waals surface area contributed by atoms with Crippen molar-refractivity contribution in [3.63, 3.8) is 0 Å². The molecule has 2 rings (SSSR count). The Morgan fingerprint density at radius 1 is 0.429 bits per heavy atom. The number of hydrogen-bond donors (Lipinski definition) is 0. The van der Waals surface area contributed by atoms with Crippen LogP contribution in [0.25, 0.3) is 0 Å². The molecular weight excluding hydrogens is 508 g/mol. The van der Waals surface area contributed by atoms with Crippen molar-refractivity contribution in [2.24, 2.45) is 0 Å². The Balaban J connectivity index is 1.50. The molecule has 1 aromatic carbocycles. The molecule has 0 radical (unpaired) electrons. The smallest absolute Gasteiger partial charge is 0.105 e. The van der Waals surface area contributed by atoms with Crippen LogP contribution in [-0.2, 0) is 0 Å². The van der Waals surface area contributed by atoms with Crippen molar-refractivity contribution in [2.45, 2.75) is 200 Å². The fourth-order valence-electron chi connectivity index (χ4n) is 6.74. The van der Waals surface area contributed by atoms with E-state index in [2.05, 4.69) is 66.4 Å². The van der Waals surface area contributed by atoms with Crippen molar-refractivity contribution >= 4 is 5.69 Å². The molecule has 2 nitrogen and oxygen atoms in total. The monoisotopic (exact) mass is 581 g/mol. The average Bonchev–Trinajstić information content (AvgIpc) is 3.42. The number of rotatable bonds is 30. The first-order valence-electron chi connectivity index (χ1n) is 19.1. The van der Waals surface area contributed by atoms with E-state index in [0.29, 0.717) is 6.17 Å². The summed E-state index contributed by atoms with van der Waals surface area (Å²) >= 11 is 0. The standard InChI is InChI=1S/C40H72N2/c1-3-5-7-9-11-13-15-16-17-18-19-20-21-23-25-27-32-36-41-37-38-42(39-33-29-28-30-34-39)40(41)35-31-26-24-22-14-12-10-8-6-4-2/h28-30,33-34,37-38,40H,3-27,31-32,35-36H2,1-2H3. The van der Waals surface area contributed by atoms with Crippen LogP contribution in [0.3, 0.4) is 0 Å². The number of benzene rings is 1. The van der Waals surface area contributed by atoms with Crippen LogP contribution < -0.4 is 4.90 Å². The molecule has 1 unspecified atom stereocenters.